The second-order valence-corrected chi connectivity index (χ2v) is 8.63. The molecule has 4 rings (SSSR count). The maximum Gasteiger partial charge on any atom is 0.253 e. The molecule has 146 valence electrons. The fourth-order valence-corrected chi connectivity index (χ4v) is 5.11. The molecule has 3 N–H and O–H groups in total. The van der Waals surface area contributed by atoms with Gasteiger partial charge in [0.1, 0.15) is 5.84 Å². The molecule has 5 nitrogen and oxygen atoms in total. The number of hydrogen-bond donors (Lipinski definition) is 3. The molecule has 0 atom stereocenters. The highest BCUT2D eigenvalue weighted by molar-refractivity contribution is 7.99. The van der Waals surface area contributed by atoms with E-state index in [0.29, 0.717) is 12.1 Å². The molecule has 0 aromatic heterocycles. The van der Waals surface area contributed by atoms with Gasteiger partial charge in [0.25, 0.3) is 5.91 Å². The minimum Gasteiger partial charge on any atom is -0.371 e. The second-order valence-electron chi connectivity index (χ2n) is 7.41. The SMILES string of the molecule is CNC(=O)c1cccc2c1NC(=NCc1cccc(C)c1)C1(CCSCC1)N2. The van der Waals surface area contributed by atoms with Gasteiger partial charge < -0.3 is 16.0 Å². The third-order valence-electron chi connectivity index (χ3n) is 5.46. The van der Waals surface area contributed by atoms with E-state index in [1.165, 1.54) is 11.1 Å². The molecule has 28 heavy (non-hydrogen) atoms. The molecule has 2 aromatic rings. The Morgan fingerprint density at radius 2 is 2.00 bits per heavy atom. The third-order valence-corrected chi connectivity index (χ3v) is 6.44. The third kappa shape index (κ3) is 3.61. The molecule has 2 heterocycles. The number of nitrogens with one attached hydrogen (secondary N) is 3. The van der Waals surface area contributed by atoms with Crippen LogP contribution in [0.1, 0.15) is 34.3 Å². The van der Waals surface area contributed by atoms with Crippen molar-refractivity contribution in [3.8, 4) is 0 Å². The number of aryl methyl sites for hydroxylation is 1. The molecule has 1 spiro atoms. The van der Waals surface area contributed by atoms with Crippen molar-refractivity contribution in [2.45, 2.75) is 31.8 Å². The van der Waals surface area contributed by atoms with Crippen molar-refractivity contribution in [3.05, 3.63) is 59.2 Å². The van der Waals surface area contributed by atoms with Crippen LogP contribution >= 0.6 is 11.8 Å². The quantitative estimate of drug-likeness (QED) is 0.735. The molecular weight excluding hydrogens is 368 g/mol. The number of anilines is 2. The highest BCUT2D eigenvalue weighted by Gasteiger charge is 2.41. The zero-order valence-corrected chi connectivity index (χ0v) is 17.2. The van der Waals surface area contributed by atoms with Crippen LogP contribution in [-0.2, 0) is 6.54 Å². The maximum atomic E-state index is 12.4. The molecular formula is C22H26N4OS. The number of thioether (sulfide) groups is 1. The Balaban J connectivity index is 1.73. The van der Waals surface area contributed by atoms with Crippen LogP contribution in [0.4, 0.5) is 11.4 Å². The molecule has 2 aliphatic heterocycles. The van der Waals surface area contributed by atoms with Crippen molar-refractivity contribution in [2.24, 2.45) is 4.99 Å². The van der Waals surface area contributed by atoms with Crippen molar-refractivity contribution in [1.29, 1.82) is 0 Å². The first-order valence-electron chi connectivity index (χ1n) is 9.70. The van der Waals surface area contributed by atoms with E-state index in [2.05, 4.69) is 47.1 Å². The van der Waals surface area contributed by atoms with Gasteiger partial charge in [-0.2, -0.15) is 11.8 Å². The number of carbonyl (C=O) groups is 1. The Hall–Kier alpha value is -2.47. The Morgan fingerprint density at radius 3 is 2.75 bits per heavy atom. The van der Waals surface area contributed by atoms with Crippen LogP contribution in [-0.4, -0.2) is 35.8 Å². The predicted molar refractivity (Wildman–Crippen MR) is 119 cm³/mol. The van der Waals surface area contributed by atoms with Gasteiger partial charge in [0.15, 0.2) is 0 Å². The van der Waals surface area contributed by atoms with Crippen molar-refractivity contribution >= 4 is 34.9 Å². The van der Waals surface area contributed by atoms with Gasteiger partial charge >= 0.3 is 0 Å². The Labute approximate surface area is 170 Å². The normalized spacial score (nSPS) is 18.9. The molecule has 2 aromatic carbocycles. The number of para-hydroxylation sites is 1. The van der Waals surface area contributed by atoms with Gasteiger partial charge in [0.05, 0.1) is 29.0 Å². The number of nitrogens with zero attached hydrogens (tertiary/aromatic N) is 1. The summed E-state index contributed by atoms with van der Waals surface area (Å²) in [5.41, 5.74) is 4.67. The number of carbonyl (C=O) groups excluding carboxylic acids is 1. The summed E-state index contributed by atoms with van der Waals surface area (Å²) in [6.45, 7) is 2.72. The lowest BCUT2D eigenvalue weighted by atomic mass is 9.87. The van der Waals surface area contributed by atoms with Gasteiger partial charge in [0.2, 0.25) is 0 Å². The highest BCUT2D eigenvalue weighted by atomic mass is 32.2. The molecule has 0 unspecified atom stereocenters. The van der Waals surface area contributed by atoms with Crippen molar-refractivity contribution in [3.63, 3.8) is 0 Å². The summed E-state index contributed by atoms with van der Waals surface area (Å²) >= 11 is 1.99. The fourth-order valence-electron chi connectivity index (χ4n) is 3.92. The maximum absolute atomic E-state index is 12.4. The lowest BCUT2D eigenvalue weighted by Crippen LogP contribution is -2.55. The van der Waals surface area contributed by atoms with Crippen LogP contribution in [0.3, 0.4) is 0 Å². The topological polar surface area (TPSA) is 65.5 Å². The predicted octanol–water partition coefficient (Wildman–Crippen LogP) is 4.06. The first-order valence-corrected chi connectivity index (χ1v) is 10.9. The first-order chi connectivity index (χ1) is 13.6. The number of amides is 1. The van der Waals surface area contributed by atoms with Crippen LogP contribution in [0.15, 0.2) is 47.5 Å². The molecule has 0 saturated carbocycles. The van der Waals surface area contributed by atoms with E-state index in [1.54, 1.807) is 7.05 Å². The average Bonchev–Trinajstić information content (AvgIpc) is 2.72. The summed E-state index contributed by atoms with van der Waals surface area (Å²) in [7, 11) is 1.66. The number of benzene rings is 2. The minimum atomic E-state index is -0.191. The summed E-state index contributed by atoms with van der Waals surface area (Å²) in [5.74, 6) is 3.04. The molecule has 1 saturated heterocycles. The first kappa shape index (κ1) is 18.9. The number of rotatable bonds is 3. The van der Waals surface area contributed by atoms with E-state index in [1.807, 2.05) is 30.0 Å². The second kappa shape index (κ2) is 7.87. The fraction of sp³-hybridized carbons (Fsp3) is 0.364. The van der Waals surface area contributed by atoms with Crippen molar-refractivity contribution in [1.82, 2.24) is 5.32 Å². The molecule has 0 bridgehead atoms. The van der Waals surface area contributed by atoms with Crippen molar-refractivity contribution in [2.75, 3.05) is 29.2 Å². The molecule has 0 aliphatic carbocycles. The number of hydrogen-bond acceptors (Lipinski definition) is 4. The Kier molecular flexibility index (Phi) is 5.31. The van der Waals surface area contributed by atoms with E-state index < -0.39 is 0 Å². The molecule has 1 amide bonds. The van der Waals surface area contributed by atoms with Gasteiger partial charge in [-0.15, -0.1) is 0 Å². The summed E-state index contributed by atoms with van der Waals surface area (Å²) < 4.78 is 0. The number of fused-ring (bicyclic) bond motifs is 1. The highest BCUT2D eigenvalue weighted by Crippen LogP contribution is 2.40. The zero-order chi connectivity index (χ0) is 19.6. The number of amidine groups is 1. The monoisotopic (exact) mass is 394 g/mol. The van der Waals surface area contributed by atoms with Crippen LogP contribution in [0.25, 0.3) is 0 Å². The van der Waals surface area contributed by atoms with Crippen LogP contribution in [0, 0.1) is 6.92 Å². The molecule has 1 fully saturated rings. The summed E-state index contributed by atoms with van der Waals surface area (Å²) in [6, 6.07) is 14.3. The van der Waals surface area contributed by atoms with E-state index in [4.69, 9.17) is 4.99 Å². The standard InChI is InChI=1S/C22H26N4OS/c1-15-5-3-6-16(13-15)14-24-21-22(9-11-28-12-10-22)26-18-8-4-7-17(19(18)25-21)20(27)23-2/h3-8,13,26H,9-12,14H2,1-2H3,(H,23,27)(H,24,25). The van der Waals surface area contributed by atoms with Gasteiger partial charge in [-0.05, 0) is 49.0 Å². The Bertz CT molecular complexity index is 919. The molecule has 0 radical (unpaired) electrons. The van der Waals surface area contributed by atoms with Crippen LogP contribution in [0.5, 0.6) is 0 Å². The van der Waals surface area contributed by atoms with Crippen molar-refractivity contribution < 1.29 is 4.79 Å². The zero-order valence-electron chi connectivity index (χ0n) is 16.3. The summed E-state index contributed by atoms with van der Waals surface area (Å²) in [4.78, 5) is 17.4. The van der Waals surface area contributed by atoms with E-state index in [-0.39, 0.29) is 11.4 Å². The van der Waals surface area contributed by atoms with Gasteiger partial charge in [-0.25, -0.2) is 0 Å². The minimum absolute atomic E-state index is 0.0978. The van der Waals surface area contributed by atoms with E-state index >= 15 is 0 Å². The number of aliphatic imine (C=N–C) groups is 1. The van der Waals surface area contributed by atoms with Crippen LogP contribution in [0.2, 0.25) is 0 Å². The van der Waals surface area contributed by atoms with Crippen LogP contribution < -0.4 is 16.0 Å². The van der Waals surface area contributed by atoms with Gasteiger partial charge in [-0.1, -0.05) is 35.9 Å². The largest absolute Gasteiger partial charge is 0.371 e. The van der Waals surface area contributed by atoms with E-state index in [9.17, 15) is 4.79 Å². The van der Waals surface area contributed by atoms with E-state index in [0.717, 1.165) is 41.6 Å². The average molecular weight is 395 g/mol. The lowest BCUT2D eigenvalue weighted by Gasteiger charge is -2.44. The summed E-state index contributed by atoms with van der Waals surface area (Å²) in [6.07, 6.45) is 2.03. The summed E-state index contributed by atoms with van der Waals surface area (Å²) in [5, 5.41) is 10.0. The molecule has 2 aliphatic rings. The Morgan fingerprint density at radius 1 is 1.21 bits per heavy atom. The molecule has 6 heteroatoms. The van der Waals surface area contributed by atoms with Gasteiger partial charge in [0, 0.05) is 7.05 Å². The smallest absolute Gasteiger partial charge is 0.253 e. The van der Waals surface area contributed by atoms with Gasteiger partial charge in [-0.3, -0.25) is 9.79 Å². The lowest BCUT2D eigenvalue weighted by molar-refractivity contribution is 0.0964.